The van der Waals surface area contributed by atoms with Gasteiger partial charge in [0.25, 0.3) is 0 Å². The Labute approximate surface area is 321 Å². The molecule has 0 aromatic rings. The number of hydrogen-bond donors (Lipinski definition) is 2. The van der Waals surface area contributed by atoms with Gasteiger partial charge in [0.2, 0.25) is 0 Å². The van der Waals surface area contributed by atoms with Crippen LogP contribution >= 0.6 is 0 Å². The topological polar surface area (TPSA) is 155 Å². The molecule has 0 aliphatic heterocycles. The summed E-state index contributed by atoms with van der Waals surface area (Å²) in [6.45, 7) is 4.49. The van der Waals surface area contributed by atoms with Crippen molar-refractivity contribution in [3.8, 4) is 0 Å². The average molecular weight is 739 g/mol. The Morgan fingerprint density at radius 2 is 0.574 bits per heavy atom. The van der Waals surface area contributed by atoms with Crippen LogP contribution in [0.4, 0.5) is 0 Å². The fraction of sp³-hybridized carbons (Fsp3) is 1.00. The Hall–Kier alpha value is 1.000. The van der Waals surface area contributed by atoms with Crippen LogP contribution in [-0.4, -0.2) is 97.6 Å². The summed E-state index contributed by atoms with van der Waals surface area (Å²) in [5, 5.41) is 19.4. The molecule has 0 rings (SSSR count). The van der Waals surface area contributed by atoms with Crippen LogP contribution in [-0.2, 0) is 20.2 Å². The van der Waals surface area contributed by atoms with Gasteiger partial charge in [0, 0.05) is 11.5 Å². The Morgan fingerprint density at radius 1 is 0.383 bits per heavy atom. The van der Waals surface area contributed by atoms with Crippen LogP contribution in [0.5, 0.6) is 0 Å². The predicted molar refractivity (Wildman–Crippen MR) is 197 cm³/mol. The van der Waals surface area contributed by atoms with E-state index in [1.165, 1.54) is 128 Å². The molecule has 0 aromatic heterocycles. The molecule has 2 N–H and O–H groups in total. The van der Waals surface area contributed by atoms with E-state index in [1.54, 1.807) is 0 Å². The van der Waals surface area contributed by atoms with Crippen molar-refractivity contribution in [2.45, 2.75) is 219 Å². The summed E-state index contributed by atoms with van der Waals surface area (Å²) < 4.78 is 62.7. The zero-order valence-electron chi connectivity index (χ0n) is 30.6. The minimum atomic E-state index is -4.13. The monoisotopic (exact) mass is 738 g/mol. The van der Waals surface area contributed by atoms with E-state index in [9.17, 15) is 36.2 Å². The van der Waals surface area contributed by atoms with E-state index >= 15 is 0 Å². The fourth-order valence-corrected chi connectivity index (χ4v) is 6.76. The molecule has 0 saturated carbocycles. The molecule has 0 bridgehead atoms. The molecule has 0 radical (unpaired) electrons. The van der Waals surface area contributed by atoms with Gasteiger partial charge >= 0.3 is 37.7 Å². The molecule has 0 saturated heterocycles. The maximum Gasteiger partial charge on any atom is 2.00 e. The summed E-state index contributed by atoms with van der Waals surface area (Å²) in [5.74, 6) is -0.717. The first-order valence-electron chi connectivity index (χ1n) is 19.1. The molecule has 0 aliphatic carbocycles. The summed E-state index contributed by atoms with van der Waals surface area (Å²) in [7, 11) is -8.26. The van der Waals surface area contributed by atoms with Crippen LogP contribution in [0.2, 0.25) is 0 Å². The number of aliphatic hydroxyl groups excluding tert-OH is 2. The van der Waals surface area contributed by atoms with Gasteiger partial charge in [-0.1, -0.05) is 168 Å². The van der Waals surface area contributed by atoms with Crippen LogP contribution in [0.1, 0.15) is 206 Å². The largest absolute Gasteiger partial charge is 2.00 e. The summed E-state index contributed by atoms with van der Waals surface area (Å²) in [6, 6.07) is 0. The van der Waals surface area contributed by atoms with Crippen molar-refractivity contribution in [3.05, 3.63) is 0 Å². The van der Waals surface area contributed by atoms with Crippen LogP contribution in [0.15, 0.2) is 0 Å². The van der Waals surface area contributed by atoms with E-state index in [0.717, 1.165) is 38.5 Å². The first kappa shape index (κ1) is 52.4. The molecular weight excluding hydrogens is 665 g/mol. The van der Waals surface area contributed by atoms with E-state index in [1.807, 2.05) is 0 Å². The molecule has 0 aliphatic rings. The maximum atomic E-state index is 10.4. The summed E-state index contributed by atoms with van der Waals surface area (Å²) in [5.41, 5.74) is 0. The molecule has 47 heavy (non-hydrogen) atoms. The zero-order valence-corrected chi connectivity index (χ0v) is 34.5. The third-order valence-electron chi connectivity index (χ3n) is 8.65. The third kappa shape index (κ3) is 51.5. The number of hydrogen-bond acceptors (Lipinski definition) is 8. The second kappa shape index (κ2) is 38.2. The van der Waals surface area contributed by atoms with Crippen molar-refractivity contribution < 1.29 is 36.2 Å². The molecule has 280 valence electrons. The molecule has 0 fully saturated rings. The van der Waals surface area contributed by atoms with Crippen molar-refractivity contribution in [3.63, 3.8) is 0 Å². The molecule has 0 aromatic carbocycles. The van der Waals surface area contributed by atoms with Gasteiger partial charge in [-0.15, -0.1) is 0 Å². The van der Waals surface area contributed by atoms with Gasteiger partial charge in [0.1, 0.15) is 0 Å². The third-order valence-corrected chi connectivity index (χ3v) is 10.2. The second-order valence-electron chi connectivity index (χ2n) is 13.5. The first-order chi connectivity index (χ1) is 21.9. The van der Waals surface area contributed by atoms with Crippen LogP contribution in [0.3, 0.4) is 0 Å². The molecular formula is C36H74CaO8S2. The number of aliphatic hydroxyl groups is 2. The standard InChI is InChI=1S/2C18H38O4S.Ca/c2*1-2-3-4-5-6-7-8-9-10-11-12-13-15-18(19)16-14-17-23(20,21)22;/h2*18-19H,2-17H2,1H3,(H,20,21,22);/q;;+2/p-2. The van der Waals surface area contributed by atoms with Crippen molar-refractivity contribution >= 4 is 58.0 Å². The smallest absolute Gasteiger partial charge is 0.748 e. The second-order valence-corrected chi connectivity index (χ2v) is 16.5. The van der Waals surface area contributed by atoms with Crippen molar-refractivity contribution in [1.29, 1.82) is 0 Å². The van der Waals surface area contributed by atoms with Gasteiger partial charge in [-0.05, 0) is 38.5 Å². The summed E-state index contributed by atoms with van der Waals surface area (Å²) >= 11 is 0. The van der Waals surface area contributed by atoms with E-state index in [2.05, 4.69) is 13.8 Å². The van der Waals surface area contributed by atoms with E-state index in [4.69, 9.17) is 0 Å². The SMILES string of the molecule is CCCCCCCCCCCCCCC(O)CCCS(=O)(=O)[O-].CCCCCCCCCCCCCCC(O)CCCS(=O)(=O)[O-].[Ca+2]. The quantitative estimate of drug-likeness (QED) is 0.0376. The summed E-state index contributed by atoms with van der Waals surface area (Å²) in [6.07, 6.45) is 32.9. The van der Waals surface area contributed by atoms with Gasteiger partial charge in [-0.3, -0.25) is 0 Å². The summed E-state index contributed by atoms with van der Waals surface area (Å²) in [4.78, 5) is 0. The van der Waals surface area contributed by atoms with E-state index in [0.29, 0.717) is 12.8 Å². The molecule has 0 heterocycles. The van der Waals surface area contributed by atoms with Crippen LogP contribution in [0, 0.1) is 0 Å². The molecule has 0 spiro atoms. The average Bonchev–Trinajstić information content (AvgIpc) is 2.97. The maximum absolute atomic E-state index is 10.4. The Bertz CT molecular complexity index is 757. The van der Waals surface area contributed by atoms with Crippen molar-refractivity contribution in [1.82, 2.24) is 0 Å². The van der Waals surface area contributed by atoms with Crippen molar-refractivity contribution in [2.24, 2.45) is 0 Å². The number of unbranched alkanes of at least 4 members (excludes halogenated alkanes) is 22. The van der Waals surface area contributed by atoms with Crippen LogP contribution in [0.25, 0.3) is 0 Å². The Morgan fingerprint density at radius 3 is 0.787 bits per heavy atom. The van der Waals surface area contributed by atoms with E-state index < -0.39 is 32.4 Å². The normalized spacial score (nSPS) is 13.1. The Balaban J connectivity index is -0.000000807. The zero-order chi connectivity index (χ0) is 34.8. The Kier molecular flexibility index (Phi) is 42.6. The van der Waals surface area contributed by atoms with Gasteiger partial charge in [-0.25, -0.2) is 16.8 Å². The van der Waals surface area contributed by atoms with E-state index in [-0.39, 0.29) is 62.1 Å². The van der Waals surface area contributed by atoms with Crippen LogP contribution < -0.4 is 0 Å². The molecule has 2 atom stereocenters. The first-order valence-corrected chi connectivity index (χ1v) is 22.3. The van der Waals surface area contributed by atoms with Gasteiger partial charge in [-0.2, -0.15) is 0 Å². The molecule has 8 nitrogen and oxygen atoms in total. The van der Waals surface area contributed by atoms with Gasteiger partial charge in [0.05, 0.1) is 32.4 Å². The van der Waals surface area contributed by atoms with Gasteiger partial charge in [0.15, 0.2) is 0 Å². The minimum Gasteiger partial charge on any atom is -0.748 e. The minimum absolute atomic E-state index is 0. The molecule has 2 unspecified atom stereocenters. The van der Waals surface area contributed by atoms with Crippen molar-refractivity contribution in [2.75, 3.05) is 11.5 Å². The predicted octanol–water partition coefficient (Wildman–Crippen LogP) is 9.15. The number of rotatable bonds is 34. The fourth-order valence-electron chi connectivity index (χ4n) is 5.72. The molecule has 0 amide bonds. The van der Waals surface area contributed by atoms with Gasteiger partial charge < -0.3 is 19.3 Å². The molecule has 11 heteroatoms.